The van der Waals surface area contributed by atoms with Crippen LogP contribution in [0.1, 0.15) is 12.8 Å². The van der Waals surface area contributed by atoms with Crippen molar-refractivity contribution >= 4 is 23.6 Å². The molecule has 0 spiro atoms. The van der Waals surface area contributed by atoms with Crippen molar-refractivity contribution in [2.45, 2.75) is 18.9 Å². The summed E-state index contributed by atoms with van der Waals surface area (Å²) < 4.78 is 0. The highest BCUT2D eigenvalue weighted by Crippen LogP contribution is 2.24. The maximum atomic E-state index is 12.1. The number of carbonyl (C=O) groups excluding carboxylic acids is 1. The van der Waals surface area contributed by atoms with Gasteiger partial charge in [0.05, 0.1) is 11.8 Å². The zero-order chi connectivity index (χ0) is 11.5. The first-order chi connectivity index (χ1) is 7.70. The largest absolute Gasteiger partial charge is 0.480 e. The van der Waals surface area contributed by atoms with Crippen molar-refractivity contribution in [1.29, 1.82) is 0 Å². The molecule has 0 radical (unpaired) electrons. The van der Waals surface area contributed by atoms with Crippen molar-refractivity contribution in [3.63, 3.8) is 0 Å². The monoisotopic (exact) mass is 244 g/mol. The van der Waals surface area contributed by atoms with Crippen molar-refractivity contribution < 1.29 is 14.7 Å². The number of carboxylic acids is 1. The highest BCUT2D eigenvalue weighted by molar-refractivity contribution is 7.99. The molecule has 2 heterocycles. The number of carboxylic acid groups (broad SMARTS) is 1. The van der Waals surface area contributed by atoms with Crippen molar-refractivity contribution in [3.05, 3.63) is 0 Å². The van der Waals surface area contributed by atoms with Crippen LogP contribution in [0.5, 0.6) is 0 Å². The van der Waals surface area contributed by atoms with Crippen molar-refractivity contribution in [3.8, 4) is 0 Å². The summed E-state index contributed by atoms with van der Waals surface area (Å²) >= 11 is 1.51. The van der Waals surface area contributed by atoms with Gasteiger partial charge in [-0.3, -0.25) is 4.79 Å². The van der Waals surface area contributed by atoms with E-state index in [1.165, 1.54) is 16.7 Å². The predicted octanol–water partition coefficient (Wildman–Crippen LogP) is -0.0279. The molecular weight excluding hydrogens is 228 g/mol. The Bertz CT molecular complexity index is 292. The van der Waals surface area contributed by atoms with Gasteiger partial charge < -0.3 is 15.3 Å². The Morgan fingerprint density at radius 2 is 2.25 bits per heavy atom. The summed E-state index contributed by atoms with van der Waals surface area (Å²) in [4.78, 5) is 24.6. The zero-order valence-corrected chi connectivity index (χ0v) is 9.83. The molecule has 16 heavy (non-hydrogen) atoms. The zero-order valence-electron chi connectivity index (χ0n) is 9.02. The van der Waals surface area contributed by atoms with Crippen molar-refractivity contribution in [2.24, 2.45) is 5.92 Å². The minimum atomic E-state index is -0.887. The molecule has 2 saturated heterocycles. The van der Waals surface area contributed by atoms with Crippen LogP contribution >= 0.6 is 11.8 Å². The molecule has 5 nitrogen and oxygen atoms in total. The van der Waals surface area contributed by atoms with Gasteiger partial charge in [-0.2, -0.15) is 0 Å². The molecule has 0 aromatic heterocycles. The Morgan fingerprint density at radius 3 is 2.88 bits per heavy atom. The summed E-state index contributed by atoms with van der Waals surface area (Å²) in [6.07, 6.45) is 1.87. The smallest absolute Gasteiger partial charge is 0.327 e. The third-order valence-corrected chi connectivity index (χ3v) is 4.11. The summed E-state index contributed by atoms with van der Waals surface area (Å²) in [5, 5.41) is 12.2. The average Bonchev–Trinajstić information content (AvgIpc) is 2.78. The molecule has 0 aromatic rings. The SMILES string of the molecule is O=C(O)[C@@H]1CSCN1C(=O)C1CCCNC1. The molecule has 2 fully saturated rings. The van der Waals surface area contributed by atoms with Crippen LogP contribution in [0.2, 0.25) is 0 Å². The fourth-order valence-corrected chi connectivity index (χ4v) is 3.32. The van der Waals surface area contributed by atoms with E-state index in [2.05, 4.69) is 5.32 Å². The van der Waals surface area contributed by atoms with Crippen LogP contribution in [-0.2, 0) is 9.59 Å². The van der Waals surface area contributed by atoms with Crippen LogP contribution in [0.15, 0.2) is 0 Å². The van der Waals surface area contributed by atoms with Gasteiger partial charge in [-0.05, 0) is 19.4 Å². The van der Waals surface area contributed by atoms with E-state index >= 15 is 0 Å². The number of rotatable bonds is 2. The van der Waals surface area contributed by atoms with E-state index < -0.39 is 12.0 Å². The molecule has 2 atom stereocenters. The number of amides is 1. The van der Waals surface area contributed by atoms with Gasteiger partial charge in [0.15, 0.2) is 0 Å². The summed E-state index contributed by atoms with van der Waals surface area (Å²) in [6, 6.07) is -0.626. The maximum absolute atomic E-state index is 12.1. The fraction of sp³-hybridized carbons (Fsp3) is 0.800. The third kappa shape index (κ3) is 2.32. The van der Waals surface area contributed by atoms with Gasteiger partial charge in [-0.1, -0.05) is 0 Å². The lowest BCUT2D eigenvalue weighted by molar-refractivity contribution is -0.149. The van der Waals surface area contributed by atoms with Gasteiger partial charge >= 0.3 is 5.97 Å². The van der Waals surface area contributed by atoms with Gasteiger partial charge in [0, 0.05) is 12.3 Å². The van der Waals surface area contributed by atoms with Gasteiger partial charge in [0.25, 0.3) is 0 Å². The van der Waals surface area contributed by atoms with Crippen LogP contribution in [0.25, 0.3) is 0 Å². The van der Waals surface area contributed by atoms with E-state index in [1.54, 1.807) is 0 Å². The first-order valence-corrected chi connectivity index (χ1v) is 6.67. The molecule has 2 N–H and O–H groups in total. The van der Waals surface area contributed by atoms with Crippen LogP contribution < -0.4 is 5.32 Å². The van der Waals surface area contributed by atoms with E-state index in [-0.39, 0.29) is 11.8 Å². The predicted molar refractivity (Wildman–Crippen MR) is 61.2 cm³/mol. The number of aliphatic carboxylic acids is 1. The van der Waals surface area contributed by atoms with E-state index in [9.17, 15) is 9.59 Å². The van der Waals surface area contributed by atoms with Crippen LogP contribution in [-0.4, -0.2) is 52.6 Å². The number of carbonyl (C=O) groups is 2. The molecule has 0 bridgehead atoms. The van der Waals surface area contributed by atoms with E-state index in [1.807, 2.05) is 0 Å². The van der Waals surface area contributed by atoms with Gasteiger partial charge in [-0.25, -0.2) is 4.79 Å². The van der Waals surface area contributed by atoms with E-state index in [0.717, 1.165) is 19.4 Å². The van der Waals surface area contributed by atoms with Gasteiger partial charge in [-0.15, -0.1) is 11.8 Å². The molecule has 2 rings (SSSR count). The molecular formula is C10H16N2O3S. The Morgan fingerprint density at radius 1 is 1.44 bits per heavy atom. The topological polar surface area (TPSA) is 69.6 Å². The van der Waals surface area contributed by atoms with Crippen LogP contribution in [0.3, 0.4) is 0 Å². The second-order valence-electron chi connectivity index (χ2n) is 4.21. The highest BCUT2D eigenvalue weighted by atomic mass is 32.2. The molecule has 0 saturated carbocycles. The summed E-state index contributed by atoms with van der Waals surface area (Å²) in [5.74, 6) is 0.120. The Labute approximate surface area is 98.6 Å². The van der Waals surface area contributed by atoms with Crippen molar-refractivity contribution in [2.75, 3.05) is 24.7 Å². The molecule has 2 aliphatic rings. The summed E-state index contributed by atoms with van der Waals surface area (Å²) in [6.45, 7) is 1.65. The number of nitrogens with one attached hydrogen (secondary N) is 1. The number of nitrogens with zero attached hydrogens (tertiary/aromatic N) is 1. The van der Waals surface area contributed by atoms with E-state index in [4.69, 9.17) is 5.11 Å². The molecule has 0 aliphatic carbocycles. The average molecular weight is 244 g/mol. The van der Waals surface area contributed by atoms with E-state index in [0.29, 0.717) is 18.2 Å². The molecule has 2 aliphatic heterocycles. The third-order valence-electron chi connectivity index (χ3n) is 3.10. The maximum Gasteiger partial charge on any atom is 0.327 e. The highest BCUT2D eigenvalue weighted by Gasteiger charge is 2.37. The number of thioether (sulfide) groups is 1. The second-order valence-corrected chi connectivity index (χ2v) is 5.21. The minimum absolute atomic E-state index is 0.00426. The van der Waals surface area contributed by atoms with Crippen molar-refractivity contribution in [1.82, 2.24) is 10.2 Å². The fourth-order valence-electron chi connectivity index (χ4n) is 2.16. The van der Waals surface area contributed by atoms with Gasteiger partial charge in [0.1, 0.15) is 6.04 Å². The summed E-state index contributed by atoms with van der Waals surface area (Å²) in [5.41, 5.74) is 0. The number of piperidine rings is 1. The summed E-state index contributed by atoms with van der Waals surface area (Å²) in [7, 11) is 0. The Kier molecular flexibility index (Phi) is 3.70. The standard InChI is InChI=1S/C10H16N2O3S/c13-9(7-2-1-3-11-4-7)12-6-16-5-8(12)10(14)15/h7-8,11H,1-6H2,(H,14,15)/t7?,8-/m0/s1. The minimum Gasteiger partial charge on any atom is -0.480 e. The van der Waals surface area contributed by atoms with Crippen LogP contribution in [0.4, 0.5) is 0 Å². The first kappa shape index (κ1) is 11.7. The molecule has 90 valence electrons. The Hall–Kier alpha value is -0.750. The second kappa shape index (κ2) is 5.05. The quantitative estimate of drug-likeness (QED) is 0.714. The normalized spacial score (nSPS) is 30.4. The first-order valence-electron chi connectivity index (χ1n) is 5.52. The molecule has 1 unspecified atom stereocenters. The lowest BCUT2D eigenvalue weighted by atomic mass is 9.98. The number of hydrogen-bond acceptors (Lipinski definition) is 4. The molecule has 0 aromatic carbocycles. The van der Waals surface area contributed by atoms with Crippen LogP contribution in [0, 0.1) is 5.92 Å². The lowest BCUT2D eigenvalue weighted by Gasteiger charge is -2.28. The lowest BCUT2D eigenvalue weighted by Crippen LogP contribution is -2.48. The molecule has 6 heteroatoms. The van der Waals surface area contributed by atoms with Gasteiger partial charge in [0.2, 0.25) is 5.91 Å². The molecule has 1 amide bonds. The Balaban J connectivity index is 1.99. The number of hydrogen-bond donors (Lipinski definition) is 2.